The van der Waals surface area contributed by atoms with Crippen molar-refractivity contribution in [2.45, 2.75) is 44.7 Å². The van der Waals surface area contributed by atoms with Gasteiger partial charge in [-0.05, 0) is 19.3 Å². The lowest BCUT2D eigenvalue weighted by Crippen LogP contribution is -2.33. The number of aromatic nitrogens is 2. The highest BCUT2D eigenvalue weighted by atomic mass is 32.2. The number of fused-ring (bicyclic) bond motifs is 1. The molecular formula is C14H21N3O4S. The van der Waals surface area contributed by atoms with E-state index < -0.39 is 15.9 Å². The first-order valence-corrected chi connectivity index (χ1v) is 8.95. The van der Waals surface area contributed by atoms with Crippen LogP contribution in [-0.2, 0) is 30.9 Å². The number of ether oxygens (including phenoxy) is 1. The number of carbonyl (C=O) groups excluding carboxylic acids is 1. The van der Waals surface area contributed by atoms with Crippen molar-refractivity contribution in [2.24, 2.45) is 5.92 Å². The van der Waals surface area contributed by atoms with Crippen molar-refractivity contribution in [1.29, 1.82) is 0 Å². The van der Waals surface area contributed by atoms with E-state index in [4.69, 9.17) is 4.74 Å². The maximum absolute atomic E-state index is 11.9. The van der Waals surface area contributed by atoms with Gasteiger partial charge >= 0.3 is 5.97 Å². The van der Waals surface area contributed by atoms with E-state index in [9.17, 15) is 13.2 Å². The smallest absolute Gasteiger partial charge is 0.328 e. The van der Waals surface area contributed by atoms with Crippen molar-refractivity contribution in [2.75, 3.05) is 12.4 Å². The van der Waals surface area contributed by atoms with E-state index >= 15 is 0 Å². The Labute approximate surface area is 130 Å². The maximum Gasteiger partial charge on any atom is 0.328 e. The van der Waals surface area contributed by atoms with Gasteiger partial charge in [0, 0.05) is 5.56 Å². The molecule has 0 fully saturated rings. The van der Waals surface area contributed by atoms with Gasteiger partial charge in [-0.25, -0.2) is 23.2 Å². The zero-order chi connectivity index (χ0) is 16.5. The lowest BCUT2D eigenvalue weighted by atomic mass is 10.0. The zero-order valence-corrected chi connectivity index (χ0v) is 14.0. The van der Waals surface area contributed by atoms with Crippen molar-refractivity contribution >= 4 is 21.6 Å². The lowest BCUT2D eigenvalue weighted by Gasteiger charge is -2.20. The van der Waals surface area contributed by atoms with E-state index in [0.717, 1.165) is 0 Å². The fourth-order valence-corrected chi connectivity index (χ4v) is 4.02. The molecule has 0 saturated carbocycles. The molecule has 1 aromatic rings. The van der Waals surface area contributed by atoms with Crippen LogP contribution in [0.2, 0.25) is 0 Å². The number of sulfone groups is 1. The average Bonchev–Trinajstić information content (AvgIpc) is 2.70. The summed E-state index contributed by atoms with van der Waals surface area (Å²) < 4.78 is 28.4. The highest BCUT2D eigenvalue weighted by Crippen LogP contribution is 2.29. The van der Waals surface area contributed by atoms with Crippen LogP contribution in [0.15, 0.2) is 0 Å². The van der Waals surface area contributed by atoms with E-state index in [-0.39, 0.29) is 23.4 Å². The van der Waals surface area contributed by atoms with Crippen LogP contribution >= 0.6 is 0 Å². The third-order valence-corrected chi connectivity index (χ3v) is 4.87. The Hall–Kier alpha value is -1.70. The number of hydrogen-bond acceptors (Lipinski definition) is 7. The first-order valence-electron chi connectivity index (χ1n) is 7.13. The molecule has 0 spiro atoms. The second kappa shape index (κ2) is 6.20. The first kappa shape index (κ1) is 16.7. The third-order valence-electron chi connectivity index (χ3n) is 3.43. The summed E-state index contributed by atoms with van der Waals surface area (Å²) in [5.74, 6) is 0.607. The first-order chi connectivity index (χ1) is 10.2. The summed E-state index contributed by atoms with van der Waals surface area (Å²) in [5, 5.41) is 3.05. The van der Waals surface area contributed by atoms with Gasteiger partial charge in [0.1, 0.15) is 17.7 Å². The highest BCUT2D eigenvalue weighted by molar-refractivity contribution is 7.90. The van der Waals surface area contributed by atoms with Crippen molar-refractivity contribution < 1.29 is 17.9 Å². The van der Waals surface area contributed by atoms with E-state index in [1.165, 1.54) is 7.11 Å². The summed E-state index contributed by atoms with van der Waals surface area (Å²) in [4.78, 5) is 20.4. The van der Waals surface area contributed by atoms with Crippen LogP contribution in [0.3, 0.4) is 0 Å². The summed E-state index contributed by atoms with van der Waals surface area (Å²) in [7, 11) is -1.86. The Kier molecular flexibility index (Phi) is 4.69. The molecule has 0 aliphatic carbocycles. The minimum Gasteiger partial charge on any atom is -0.467 e. The van der Waals surface area contributed by atoms with Crippen LogP contribution in [-0.4, -0.2) is 37.5 Å². The van der Waals surface area contributed by atoms with Gasteiger partial charge in [0.15, 0.2) is 9.84 Å². The van der Waals surface area contributed by atoms with Crippen molar-refractivity contribution in [1.82, 2.24) is 9.97 Å². The van der Waals surface area contributed by atoms with E-state index in [1.54, 1.807) is 6.92 Å². The lowest BCUT2D eigenvalue weighted by molar-refractivity contribution is -0.141. The number of nitrogens with zero attached hydrogens (tertiary/aromatic N) is 2. The predicted octanol–water partition coefficient (Wildman–Crippen LogP) is 1.21. The Morgan fingerprint density at radius 3 is 2.59 bits per heavy atom. The number of anilines is 1. The molecule has 1 atom stereocenters. The van der Waals surface area contributed by atoms with Gasteiger partial charge in [0.25, 0.3) is 0 Å². The molecular weight excluding hydrogens is 306 g/mol. The largest absolute Gasteiger partial charge is 0.467 e. The number of hydrogen-bond donors (Lipinski definition) is 1. The summed E-state index contributed by atoms with van der Waals surface area (Å²) in [6.45, 7) is 5.70. The molecule has 8 heteroatoms. The quantitative estimate of drug-likeness (QED) is 0.812. The third kappa shape index (κ3) is 3.73. The normalized spacial score (nSPS) is 17.1. The van der Waals surface area contributed by atoms with Gasteiger partial charge in [-0.1, -0.05) is 13.8 Å². The van der Waals surface area contributed by atoms with Crippen LogP contribution in [0.5, 0.6) is 0 Å². The van der Waals surface area contributed by atoms with Gasteiger partial charge in [0.05, 0.1) is 24.3 Å². The summed E-state index contributed by atoms with van der Waals surface area (Å²) in [6.07, 6.45) is 0.567. The standard InChI is InChI=1S/C14H21N3O4S/c1-8(2)5-11(14(18)21-4)17-13-10-6-22(19,20)7-12(10)15-9(3)16-13/h8,11H,5-7H2,1-4H3,(H,15,16,17). The van der Waals surface area contributed by atoms with Crippen molar-refractivity contribution in [3.05, 3.63) is 17.1 Å². The monoisotopic (exact) mass is 327 g/mol. The van der Waals surface area contributed by atoms with Gasteiger partial charge in [-0.3, -0.25) is 0 Å². The van der Waals surface area contributed by atoms with Crippen molar-refractivity contribution in [3.8, 4) is 0 Å². The topological polar surface area (TPSA) is 98.2 Å². The predicted molar refractivity (Wildman–Crippen MR) is 82.0 cm³/mol. The fourth-order valence-electron chi connectivity index (χ4n) is 2.52. The van der Waals surface area contributed by atoms with E-state index in [0.29, 0.717) is 29.3 Å². The van der Waals surface area contributed by atoms with Gasteiger partial charge in [-0.2, -0.15) is 0 Å². The van der Waals surface area contributed by atoms with Crippen LogP contribution in [0, 0.1) is 12.8 Å². The Morgan fingerprint density at radius 2 is 2.00 bits per heavy atom. The zero-order valence-electron chi connectivity index (χ0n) is 13.2. The molecule has 0 amide bonds. The second-order valence-corrected chi connectivity index (χ2v) is 7.99. The molecule has 0 saturated heterocycles. The SMILES string of the molecule is COC(=O)C(CC(C)C)Nc1nc(C)nc2c1CS(=O)(=O)C2. The minimum atomic E-state index is -3.19. The summed E-state index contributed by atoms with van der Waals surface area (Å²) in [5.41, 5.74) is 1.08. The van der Waals surface area contributed by atoms with Crippen LogP contribution in [0.1, 0.15) is 37.4 Å². The number of carbonyl (C=O) groups is 1. The number of esters is 1. The van der Waals surface area contributed by atoms with Crippen LogP contribution < -0.4 is 5.32 Å². The molecule has 2 rings (SSSR count). The Bertz CT molecular complexity index is 686. The summed E-state index contributed by atoms with van der Waals surface area (Å²) >= 11 is 0. The molecule has 22 heavy (non-hydrogen) atoms. The molecule has 1 aliphatic heterocycles. The fraction of sp³-hybridized carbons (Fsp3) is 0.643. The van der Waals surface area contributed by atoms with E-state index in [1.807, 2.05) is 13.8 Å². The van der Waals surface area contributed by atoms with Crippen molar-refractivity contribution in [3.63, 3.8) is 0 Å². The van der Waals surface area contributed by atoms with Gasteiger partial charge < -0.3 is 10.1 Å². The highest BCUT2D eigenvalue weighted by Gasteiger charge is 2.31. The van der Waals surface area contributed by atoms with Crippen LogP contribution in [0.25, 0.3) is 0 Å². The Morgan fingerprint density at radius 1 is 1.32 bits per heavy atom. The Balaban J connectivity index is 2.35. The molecule has 1 aromatic heterocycles. The molecule has 0 bridgehead atoms. The van der Waals surface area contributed by atoms with Gasteiger partial charge in [-0.15, -0.1) is 0 Å². The number of rotatable bonds is 5. The molecule has 1 aliphatic rings. The maximum atomic E-state index is 11.9. The average molecular weight is 327 g/mol. The molecule has 122 valence electrons. The second-order valence-electron chi connectivity index (χ2n) is 5.93. The molecule has 1 N–H and O–H groups in total. The van der Waals surface area contributed by atoms with Gasteiger partial charge in [0.2, 0.25) is 0 Å². The molecule has 0 aromatic carbocycles. The number of methoxy groups -OCH3 is 1. The molecule has 1 unspecified atom stereocenters. The molecule has 7 nitrogen and oxygen atoms in total. The van der Waals surface area contributed by atoms with Crippen LogP contribution in [0.4, 0.5) is 5.82 Å². The molecule has 2 heterocycles. The van der Waals surface area contributed by atoms with E-state index in [2.05, 4.69) is 15.3 Å². The number of nitrogens with one attached hydrogen (secondary N) is 1. The minimum absolute atomic E-state index is 0.0759. The number of aryl methyl sites for hydroxylation is 1. The summed E-state index contributed by atoms with van der Waals surface area (Å²) in [6, 6.07) is -0.563. The molecule has 0 radical (unpaired) electrons.